The third kappa shape index (κ3) is 7.09. The summed E-state index contributed by atoms with van der Waals surface area (Å²) in [7, 11) is 2.19. The molecule has 1 fully saturated rings. The first-order valence-corrected chi connectivity index (χ1v) is 10.7. The summed E-state index contributed by atoms with van der Waals surface area (Å²) in [5.41, 5.74) is 1.27. The van der Waals surface area contributed by atoms with Crippen LogP contribution in [-0.4, -0.2) is 54.2 Å². The lowest BCUT2D eigenvalue weighted by Crippen LogP contribution is -2.40. The Kier molecular flexibility index (Phi) is 10.3. The van der Waals surface area contributed by atoms with Gasteiger partial charge in [-0.05, 0) is 63.9 Å². The Balaban J connectivity index is 0.00000320. The van der Waals surface area contributed by atoms with E-state index in [1.54, 1.807) is 0 Å². The number of piperidine rings is 1. The average Bonchev–Trinajstić information content (AvgIpc) is 3.11. The molecule has 30 heavy (non-hydrogen) atoms. The smallest absolute Gasteiger partial charge is 0.228 e. The van der Waals surface area contributed by atoms with Crippen molar-refractivity contribution in [2.45, 2.75) is 39.2 Å². The van der Waals surface area contributed by atoms with Crippen molar-refractivity contribution in [3.05, 3.63) is 46.6 Å². The van der Waals surface area contributed by atoms with Crippen LogP contribution in [0.3, 0.4) is 0 Å². The number of guanidine groups is 1. The summed E-state index contributed by atoms with van der Waals surface area (Å²) < 4.78 is 5.17. The highest BCUT2D eigenvalue weighted by Crippen LogP contribution is 2.36. The van der Waals surface area contributed by atoms with Crippen LogP contribution in [0.2, 0.25) is 5.02 Å². The van der Waals surface area contributed by atoms with Crippen LogP contribution in [0.15, 0.2) is 33.8 Å². The van der Waals surface area contributed by atoms with E-state index in [0.717, 1.165) is 37.0 Å². The zero-order chi connectivity index (χ0) is 20.6. The third-order valence-corrected chi connectivity index (χ3v) is 5.46. The molecule has 1 aromatic heterocycles. The van der Waals surface area contributed by atoms with Crippen molar-refractivity contribution in [1.29, 1.82) is 0 Å². The molecule has 1 aromatic carbocycles. The molecule has 0 spiro atoms. The van der Waals surface area contributed by atoms with Gasteiger partial charge in [-0.3, -0.25) is 9.89 Å². The second kappa shape index (κ2) is 12.5. The molecule has 2 N–H and O–H groups in total. The van der Waals surface area contributed by atoms with Gasteiger partial charge < -0.3 is 15.2 Å². The topological polar surface area (TPSA) is 78.6 Å². The highest BCUT2D eigenvalue weighted by atomic mass is 127. The average molecular weight is 547 g/mol. The second-order valence-corrected chi connectivity index (χ2v) is 7.95. The summed E-state index contributed by atoms with van der Waals surface area (Å²) in [6, 6.07) is 8.55. The molecule has 7 nitrogen and oxygen atoms in total. The first kappa shape index (κ1) is 24.9. The molecule has 2 heterocycles. The molecular weight excluding hydrogens is 515 g/mol. The molecule has 1 saturated heterocycles. The maximum atomic E-state index is 6.25. The minimum Gasteiger partial charge on any atom is -0.357 e. The number of halogens is 2. The quantitative estimate of drug-likeness (QED) is 0.312. The van der Waals surface area contributed by atoms with Crippen LogP contribution >= 0.6 is 35.6 Å². The largest absolute Gasteiger partial charge is 0.357 e. The van der Waals surface area contributed by atoms with Crippen LogP contribution in [0.1, 0.15) is 43.1 Å². The van der Waals surface area contributed by atoms with Gasteiger partial charge in [-0.25, -0.2) is 0 Å². The van der Waals surface area contributed by atoms with E-state index in [1.165, 1.54) is 12.0 Å². The van der Waals surface area contributed by atoms with Gasteiger partial charge in [0.2, 0.25) is 5.89 Å². The number of nitrogens with zero attached hydrogens (tertiary/aromatic N) is 4. The monoisotopic (exact) mass is 546 g/mol. The van der Waals surface area contributed by atoms with Crippen molar-refractivity contribution < 1.29 is 4.52 Å². The van der Waals surface area contributed by atoms with Crippen molar-refractivity contribution >= 4 is 41.5 Å². The van der Waals surface area contributed by atoms with E-state index in [-0.39, 0.29) is 24.0 Å². The summed E-state index contributed by atoms with van der Waals surface area (Å²) >= 11 is 6.25. The third-order valence-electron chi connectivity index (χ3n) is 5.23. The Hall–Kier alpha value is -1.39. The Morgan fingerprint density at radius 1 is 1.37 bits per heavy atom. The molecule has 0 aliphatic carbocycles. The lowest BCUT2D eigenvalue weighted by molar-refractivity contribution is 0.125. The van der Waals surface area contributed by atoms with Gasteiger partial charge in [-0.15, -0.1) is 24.0 Å². The van der Waals surface area contributed by atoms with E-state index in [4.69, 9.17) is 21.1 Å². The highest BCUT2D eigenvalue weighted by molar-refractivity contribution is 14.0. The van der Waals surface area contributed by atoms with Gasteiger partial charge >= 0.3 is 0 Å². The van der Waals surface area contributed by atoms with Crippen molar-refractivity contribution in [1.82, 2.24) is 25.7 Å². The van der Waals surface area contributed by atoms with E-state index in [9.17, 15) is 0 Å². The van der Waals surface area contributed by atoms with Crippen molar-refractivity contribution in [3.63, 3.8) is 0 Å². The van der Waals surface area contributed by atoms with E-state index in [0.29, 0.717) is 36.6 Å². The van der Waals surface area contributed by atoms with E-state index in [1.807, 2.05) is 19.1 Å². The normalized spacial score (nSPS) is 19.9. The Morgan fingerprint density at radius 2 is 2.20 bits per heavy atom. The van der Waals surface area contributed by atoms with Gasteiger partial charge in [0.15, 0.2) is 11.8 Å². The number of aliphatic imine (C=N–C) groups is 1. The summed E-state index contributed by atoms with van der Waals surface area (Å²) in [5.74, 6) is 2.57. The number of aromatic nitrogens is 2. The molecule has 0 radical (unpaired) electrons. The maximum absolute atomic E-state index is 6.25. The van der Waals surface area contributed by atoms with Crippen LogP contribution in [0.4, 0.5) is 0 Å². The Bertz CT molecular complexity index is 814. The molecule has 2 aromatic rings. The minimum absolute atomic E-state index is 0. The molecule has 9 heteroatoms. The van der Waals surface area contributed by atoms with Crippen molar-refractivity contribution in [3.8, 4) is 0 Å². The first-order chi connectivity index (χ1) is 14.1. The zero-order valence-electron chi connectivity index (χ0n) is 17.9. The first-order valence-electron chi connectivity index (χ1n) is 10.3. The summed E-state index contributed by atoms with van der Waals surface area (Å²) in [5, 5.41) is 11.3. The van der Waals surface area contributed by atoms with Gasteiger partial charge in [-0.1, -0.05) is 28.9 Å². The number of hydrogen-bond donors (Lipinski definition) is 2. The summed E-state index contributed by atoms with van der Waals surface area (Å²) in [6.45, 7) is 7.25. The minimum atomic E-state index is 0. The van der Waals surface area contributed by atoms with E-state index in [2.05, 4.69) is 51.8 Å². The molecule has 0 amide bonds. The molecule has 3 rings (SSSR count). The predicted molar refractivity (Wildman–Crippen MR) is 132 cm³/mol. The molecule has 1 aliphatic rings. The van der Waals surface area contributed by atoms with E-state index < -0.39 is 0 Å². The van der Waals surface area contributed by atoms with Crippen molar-refractivity contribution in [2.24, 2.45) is 10.9 Å². The van der Waals surface area contributed by atoms with Gasteiger partial charge in [-0.2, -0.15) is 4.98 Å². The number of nitrogens with one attached hydrogen (secondary N) is 2. The van der Waals surface area contributed by atoms with Gasteiger partial charge in [0.1, 0.15) is 0 Å². The van der Waals surface area contributed by atoms with Crippen molar-refractivity contribution in [2.75, 3.05) is 33.2 Å². The van der Waals surface area contributed by atoms with Gasteiger partial charge in [0.05, 0.1) is 0 Å². The molecule has 0 saturated carbocycles. The van der Waals surface area contributed by atoms with Crippen LogP contribution in [0, 0.1) is 12.8 Å². The summed E-state index contributed by atoms with van der Waals surface area (Å²) in [4.78, 5) is 11.5. The number of benzene rings is 1. The lowest BCUT2D eigenvalue weighted by Gasteiger charge is -2.39. The van der Waals surface area contributed by atoms with Crippen LogP contribution < -0.4 is 10.6 Å². The molecule has 0 bridgehead atoms. The SMILES string of the molecule is CCNC(=NCC1CCCN(C)C1c1cccc(Cl)c1)NCCc1nc(C)no1.I. The molecular formula is C21H32ClIN6O. The molecule has 166 valence electrons. The Labute approximate surface area is 201 Å². The van der Waals surface area contributed by atoms with Gasteiger partial charge in [0.25, 0.3) is 0 Å². The van der Waals surface area contributed by atoms with Crippen LogP contribution in [-0.2, 0) is 6.42 Å². The summed E-state index contributed by atoms with van der Waals surface area (Å²) in [6.07, 6.45) is 3.02. The standard InChI is InChI=1S/C21H31ClN6O.HI/c1-4-23-21(24-11-10-19-26-15(2)27-29-19)25-14-17-8-6-12-28(3)20(17)16-7-5-9-18(22)13-16;/h5,7,9,13,17,20H,4,6,8,10-12,14H2,1-3H3,(H2,23,24,25);1H. The molecule has 1 aliphatic heterocycles. The van der Waals surface area contributed by atoms with E-state index >= 15 is 0 Å². The van der Waals surface area contributed by atoms with Crippen LogP contribution in [0.25, 0.3) is 0 Å². The number of aryl methyl sites for hydroxylation is 1. The second-order valence-electron chi connectivity index (χ2n) is 7.51. The molecule has 2 unspecified atom stereocenters. The number of likely N-dealkylation sites (tertiary alicyclic amines) is 1. The van der Waals surface area contributed by atoms with Crippen LogP contribution in [0.5, 0.6) is 0 Å². The number of hydrogen-bond acceptors (Lipinski definition) is 5. The fourth-order valence-corrected chi connectivity index (χ4v) is 4.15. The predicted octanol–water partition coefficient (Wildman–Crippen LogP) is 3.83. The zero-order valence-corrected chi connectivity index (χ0v) is 21.0. The molecule has 2 atom stereocenters. The fourth-order valence-electron chi connectivity index (χ4n) is 3.95. The Morgan fingerprint density at radius 3 is 2.90 bits per heavy atom. The highest BCUT2D eigenvalue weighted by Gasteiger charge is 2.30. The lowest BCUT2D eigenvalue weighted by atomic mass is 9.85. The number of rotatable bonds is 7. The fraction of sp³-hybridized carbons (Fsp3) is 0.571. The maximum Gasteiger partial charge on any atom is 0.228 e. The van der Waals surface area contributed by atoms with Gasteiger partial charge in [0, 0.05) is 37.1 Å².